The monoisotopic (exact) mass is 275 g/mol. The molecule has 20 heavy (non-hydrogen) atoms. The van der Waals surface area contributed by atoms with E-state index in [2.05, 4.69) is 39.8 Å². The molecule has 1 unspecified atom stereocenters. The number of nitrogen functional groups attached to an aromatic ring is 1. The van der Waals surface area contributed by atoms with E-state index < -0.39 is 0 Å². The van der Waals surface area contributed by atoms with Crippen molar-refractivity contribution in [1.82, 2.24) is 0 Å². The van der Waals surface area contributed by atoms with Gasteiger partial charge in [0.05, 0.1) is 5.69 Å². The Morgan fingerprint density at radius 1 is 1.35 bits per heavy atom. The predicted octanol–water partition coefficient (Wildman–Crippen LogP) is 5.50. The lowest BCUT2D eigenvalue weighted by molar-refractivity contribution is 0.622. The van der Waals surface area contributed by atoms with E-state index in [0.717, 1.165) is 24.0 Å². The Labute approximate surface area is 122 Å². The second-order valence-electron chi connectivity index (χ2n) is 5.49. The van der Waals surface area contributed by atoms with E-state index in [4.69, 9.17) is 5.73 Å². The quantitative estimate of drug-likeness (QED) is 0.557. The largest absolute Gasteiger partial charge is 0.396 e. The van der Waals surface area contributed by atoms with Gasteiger partial charge in [-0.15, -0.1) is 0 Å². The Morgan fingerprint density at radius 3 is 2.55 bits per heavy atom. The molecular weight excluding hydrogens is 249 g/mol. The average Bonchev–Trinajstić information content (AvgIpc) is 2.44. The van der Waals surface area contributed by atoms with Crippen molar-refractivity contribution >= 4 is 11.3 Å². The first-order valence-electron chi connectivity index (χ1n) is 7.34. The molecule has 1 nitrogen and oxygen atoms in total. The molecule has 1 aromatic rings. The Balaban J connectivity index is 3.39. The van der Waals surface area contributed by atoms with Gasteiger partial charge in [-0.2, -0.15) is 0 Å². The SMILES string of the molecule is CC/C(C)=C\C(=C/C(C)CC)c1ccc(N)c(F)c1C. The first kappa shape index (κ1) is 16.5. The summed E-state index contributed by atoms with van der Waals surface area (Å²) in [5.41, 5.74) is 9.79. The van der Waals surface area contributed by atoms with E-state index in [1.54, 1.807) is 13.0 Å². The van der Waals surface area contributed by atoms with Gasteiger partial charge in [-0.05, 0) is 49.0 Å². The van der Waals surface area contributed by atoms with Crippen LogP contribution in [0.1, 0.15) is 51.7 Å². The summed E-state index contributed by atoms with van der Waals surface area (Å²) in [4.78, 5) is 0. The average molecular weight is 275 g/mol. The van der Waals surface area contributed by atoms with Gasteiger partial charge in [-0.25, -0.2) is 4.39 Å². The first-order valence-corrected chi connectivity index (χ1v) is 7.34. The molecule has 0 spiro atoms. The van der Waals surface area contributed by atoms with Gasteiger partial charge in [0.2, 0.25) is 0 Å². The summed E-state index contributed by atoms with van der Waals surface area (Å²) in [7, 11) is 0. The lowest BCUT2D eigenvalue weighted by Gasteiger charge is -2.13. The van der Waals surface area contributed by atoms with Gasteiger partial charge in [0.25, 0.3) is 0 Å². The zero-order valence-electron chi connectivity index (χ0n) is 13.3. The van der Waals surface area contributed by atoms with Crippen molar-refractivity contribution in [3.8, 4) is 0 Å². The van der Waals surface area contributed by atoms with Crippen molar-refractivity contribution in [3.63, 3.8) is 0 Å². The molecule has 0 amide bonds. The van der Waals surface area contributed by atoms with Crippen LogP contribution in [0, 0.1) is 18.7 Å². The molecule has 0 saturated carbocycles. The van der Waals surface area contributed by atoms with Gasteiger partial charge >= 0.3 is 0 Å². The van der Waals surface area contributed by atoms with E-state index in [9.17, 15) is 4.39 Å². The summed E-state index contributed by atoms with van der Waals surface area (Å²) in [5, 5.41) is 0. The standard InChI is InChI=1S/C18H26FN/c1-6-12(3)10-15(11-13(4)7-2)16-8-9-17(20)18(19)14(16)5/h8-12H,6-7,20H2,1-5H3/b13-11-,15-10+. The summed E-state index contributed by atoms with van der Waals surface area (Å²) in [5.74, 6) is 0.158. The van der Waals surface area contributed by atoms with Gasteiger partial charge in [-0.3, -0.25) is 0 Å². The lowest BCUT2D eigenvalue weighted by atomic mass is 9.93. The summed E-state index contributed by atoms with van der Waals surface area (Å²) in [6.45, 7) is 10.4. The van der Waals surface area contributed by atoms with Crippen LogP contribution in [0.2, 0.25) is 0 Å². The molecular formula is C18H26FN. The summed E-state index contributed by atoms with van der Waals surface area (Å²) in [6, 6.07) is 3.57. The first-order chi connectivity index (χ1) is 9.40. The van der Waals surface area contributed by atoms with E-state index in [1.807, 2.05) is 6.07 Å². The molecule has 0 bridgehead atoms. The van der Waals surface area contributed by atoms with Gasteiger partial charge in [-0.1, -0.05) is 51.0 Å². The molecule has 1 rings (SSSR count). The van der Waals surface area contributed by atoms with Crippen LogP contribution in [0.15, 0.2) is 29.9 Å². The summed E-state index contributed by atoms with van der Waals surface area (Å²) >= 11 is 0. The van der Waals surface area contributed by atoms with Crippen LogP contribution in [-0.2, 0) is 0 Å². The number of anilines is 1. The fourth-order valence-electron chi connectivity index (χ4n) is 2.03. The molecule has 110 valence electrons. The second-order valence-corrected chi connectivity index (χ2v) is 5.49. The minimum absolute atomic E-state index is 0.213. The van der Waals surface area contributed by atoms with Crippen molar-refractivity contribution in [2.45, 2.75) is 47.5 Å². The van der Waals surface area contributed by atoms with Crippen molar-refractivity contribution < 1.29 is 4.39 Å². The van der Waals surface area contributed by atoms with Crippen molar-refractivity contribution in [2.24, 2.45) is 5.92 Å². The molecule has 0 heterocycles. The number of halogens is 1. The smallest absolute Gasteiger partial charge is 0.149 e. The number of rotatable bonds is 5. The zero-order valence-corrected chi connectivity index (χ0v) is 13.3. The molecule has 0 aliphatic carbocycles. The number of hydrogen-bond donors (Lipinski definition) is 1. The summed E-state index contributed by atoms with van der Waals surface area (Å²) in [6.07, 6.45) is 6.44. The number of benzene rings is 1. The fourth-order valence-corrected chi connectivity index (χ4v) is 2.03. The molecule has 2 N–H and O–H groups in total. The molecule has 1 aromatic carbocycles. The maximum Gasteiger partial charge on any atom is 0.149 e. The highest BCUT2D eigenvalue weighted by molar-refractivity contribution is 5.78. The lowest BCUT2D eigenvalue weighted by Crippen LogP contribution is -1.99. The van der Waals surface area contributed by atoms with Crippen LogP contribution in [0.4, 0.5) is 10.1 Å². The molecule has 0 aliphatic rings. The number of nitrogens with two attached hydrogens (primary N) is 1. The van der Waals surface area contributed by atoms with Crippen molar-refractivity contribution in [2.75, 3.05) is 5.73 Å². The Morgan fingerprint density at radius 2 is 2.00 bits per heavy atom. The fraction of sp³-hybridized carbons (Fsp3) is 0.444. The molecule has 2 heteroatoms. The van der Waals surface area contributed by atoms with Gasteiger partial charge in [0.1, 0.15) is 5.82 Å². The van der Waals surface area contributed by atoms with E-state index in [0.29, 0.717) is 11.5 Å². The van der Waals surface area contributed by atoms with E-state index >= 15 is 0 Å². The van der Waals surface area contributed by atoms with Crippen LogP contribution in [0.25, 0.3) is 5.57 Å². The summed E-state index contributed by atoms with van der Waals surface area (Å²) < 4.78 is 14.0. The molecule has 0 saturated heterocycles. The maximum atomic E-state index is 14.0. The maximum absolute atomic E-state index is 14.0. The van der Waals surface area contributed by atoms with Crippen molar-refractivity contribution in [3.05, 3.63) is 46.8 Å². The number of hydrogen-bond acceptors (Lipinski definition) is 1. The van der Waals surface area contributed by atoms with Crippen LogP contribution in [0.5, 0.6) is 0 Å². The third-order valence-electron chi connectivity index (χ3n) is 3.79. The van der Waals surface area contributed by atoms with E-state index in [-0.39, 0.29) is 11.5 Å². The molecule has 0 radical (unpaired) electrons. The number of allylic oxidation sites excluding steroid dienone is 4. The van der Waals surface area contributed by atoms with Crippen LogP contribution in [0.3, 0.4) is 0 Å². The zero-order chi connectivity index (χ0) is 15.3. The van der Waals surface area contributed by atoms with Crippen LogP contribution >= 0.6 is 0 Å². The van der Waals surface area contributed by atoms with Crippen LogP contribution in [-0.4, -0.2) is 0 Å². The Kier molecular flexibility index (Phi) is 6.00. The molecule has 0 aliphatic heterocycles. The Bertz CT molecular complexity index is 526. The highest BCUT2D eigenvalue weighted by Crippen LogP contribution is 2.28. The third kappa shape index (κ3) is 3.96. The van der Waals surface area contributed by atoms with Gasteiger partial charge in [0, 0.05) is 0 Å². The van der Waals surface area contributed by atoms with Crippen LogP contribution < -0.4 is 5.73 Å². The minimum Gasteiger partial charge on any atom is -0.396 e. The second kappa shape index (κ2) is 7.28. The van der Waals surface area contributed by atoms with Gasteiger partial charge in [0.15, 0.2) is 0 Å². The highest BCUT2D eigenvalue weighted by atomic mass is 19.1. The predicted molar refractivity (Wildman–Crippen MR) is 87.0 cm³/mol. The third-order valence-corrected chi connectivity index (χ3v) is 3.79. The Hall–Kier alpha value is -1.57. The van der Waals surface area contributed by atoms with Gasteiger partial charge < -0.3 is 5.73 Å². The minimum atomic E-state index is -0.305. The molecule has 1 atom stereocenters. The molecule has 0 fully saturated rings. The topological polar surface area (TPSA) is 26.0 Å². The highest BCUT2D eigenvalue weighted by Gasteiger charge is 2.11. The van der Waals surface area contributed by atoms with E-state index in [1.165, 1.54) is 5.57 Å². The molecule has 0 aromatic heterocycles. The normalized spacial score (nSPS) is 14.5. The van der Waals surface area contributed by atoms with Crippen molar-refractivity contribution in [1.29, 1.82) is 0 Å².